The van der Waals surface area contributed by atoms with Crippen molar-refractivity contribution < 1.29 is 14.4 Å². The van der Waals surface area contributed by atoms with E-state index in [1.807, 2.05) is 33.8 Å². The van der Waals surface area contributed by atoms with E-state index in [0.717, 1.165) is 11.1 Å². The van der Waals surface area contributed by atoms with Gasteiger partial charge in [0.1, 0.15) is 0 Å². The van der Waals surface area contributed by atoms with Crippen molar-refractivity contribution in [3.05, 3.63) is 59.2 Å². The Morgan fingerprint density at radius 2 is 1.44 bits per heavy atom. The number of aryl methyl sites for hydroxylation is 2. The third-order valence-electron chi connectivity index (χ3n) is 4.14. The number of benzene rings is 2. The summed E-state index contributed by atoms with van der Waals surface area (Å²) in [6.07, 6.45) is 0. The summed E-state index contributed by atoms with van der Waals surface area (Å²) in [5.41, 5.74) is 3.91. The molecule has 0 aliphatic carbocycles. The molecule has 0 aromatic heterocycles. The maximum atomic E-state index is 12.1. The molecular weight excluding hydrogens is 342 g/mol. The van der Waals surface area contributed by atoms with Crippen LogP contribution in [0.4, 0.5) is 11.4 Å². The highest BCUT2D eigenvalue weighted by atomic mass is 16.2. The Kier molecular flexibility index (Phi) is 6.71. The lowest BCUT2D eigenvalue weighted by atomic mass is 10.1. The van der Waals surface area contributed by atoms with Crippen LogP contribution in [0.5, 0.6) is 0 Å². The van der Waals surface area contributed by atoms with Gasteiger partial charge in [0.15, 0.2) is 0 Å². The summed E-state index contributed by atoms with van der Waals surface area (Å²) in [6, 6.07) is 12.2. The number of carbonyl (C=O) groups excluding carboxylic acids is 3. The summed E-state index contributed by atoms with van der Waals surface area (Å²) >= 11 is 0. The third kappa shape index (κ3) is 5.95. The minimum atomic E-state index is -0.328. The summed E-state index contributed by atoms with van der Waals surface area (Å²) in [4.78, 5) is 35.8. The van der Waals surface area contributed by atoms with Crippen molar-refractivity contribution in [2.45, 2.75) is 27.7 Å². The van der Waals surface area contributed by atoms with Gasteiger partial charge in [-0.1, -0.05) is 19.9 Å². The first-order valence-corrected chi connectivity index (χ1v) is 8.82. The molecule has 0 bridgehead atoms. The topological polar surface area (TPSA) is 87.3 Å². The summed E-state index contributed by atoms with van der Waals surface area (Å²) in [7, 11) is 0. The molecule has 3 amide bonds. The molecule has 3 N–H and O–H groups in total. The number of amides is 3. The molecule has 0 aliphatic heterocycles. The van der Waals surface area contributed by atoms with Crippen LogP contribution >= 0.6 is 0 Å². The molecule has 2 aromatic rings. The Balaban J connectivity index is 1.85. The van der Waals surface area contributed by atoms with E-state index < -0.39 is 0 Å². The van der Waals surface area contributed by atoms with Gasteiger partial charge in [0.25, 0.3) is 5.91 Å². The lowest BCUT2D eigenvalue weighted by molar-refractivity contribution is -0.119. The van der Waals surface area contributed by atoms with Gasteiger partial charge in [-0.2, -0.15) is 0 Å². The highest BCUT2D eigenvalue weighted by Crippen LogP contribution is 2.14. The van der Waals surface area contributed by atoms with Gasteiger partial charge >= 0.3 is 0 Å². The second kappa shape index (κ2) is 8.98. The lowest BCUT2D eigenvalue weighted by Crippen LogP contribution is -2.32. The molecule has 0 aliphatic rings. The van der Waals surface area contributed by atoms with Gasteiger partial charge in [-0.25, -0.2) is 0 Å². The number of hydrogen-bond acceptors (Lipinski definition) is 3. The van der Waals surface area contributed by atoms with Gasteiger partial charge in [-0.15, -0.1) is 0 Å². The van der Waals surface area contributed by atoms with Gasteiger partial charge in [-0.05, 0) is 61.4 Å². The molecule has 2 rings (SSSR count). The second-order valence-electron chi connectivity index (χ2n) is 6.75. The maximum absolute atomic E-state index is 12.1. The number of rotatable bonds is 6. The first-order chi connectivity index (χ1) is 12.8. The van der Waals surface area contributed by atoms with Crippen LogP contribution in [0.2, 0.25) is 0 Å². The largest absolute Gasteiger partial charge is 0.343 e. The van der Waals surface area contributed by atoms with E-state index in [0.29, 0.717) is 16.9 Å². The van der Waals surface area contributed by atoms with Crippen molar-refractivity contribution in [1.29, 1.82) is 0 Å². The molecule has 0 spiro atoms. The Morgan fingerprint density at radius 3 is 2.00 bits per heavy atom. The van der Waals surface area contributed by atoms with Crippen LogP contribution in [0.3, 0.4) is 0 Å². The van der Waals surface area contributed by atoms with E-state index in [1.54, 1.807) is 36.4 Å². The van der Waals surface area contributed by atoms with Crippen LogP contribution in [-0.2, 0) is 9.59 Å². The fraction of sp³-hybridized carbons (Fsp3) is 0.286. The van der Waals surface area contributed by atoms with Crippen molar-refractivity contribution in [2.75, 3.05) is 17.2 Å². The second-order valence-corrected chi connectivity index (χ2v) is 6.75. The monoisotopic (exact) mass is 367 g/mol. The fourth-order valence-electron chi connectivity index (χ4n) is 2.27. The fourth-order valence-corrected chi connectivity index (χ4v) is 2.27. The van der Waals surface area contributed by atoms with Crippen LogP contribution < -0.4 is 16.0 Å². The molecule has 0 saturated heterocycles. The molecule has 0 unspecified atom stereocenters. The molecule has 2 aromatic carbocycles. The van der Waals surface area contributed by atoms with Crippen molar-refractivity contribution in [2.24, 2.45) is 5.92 Å². The smallest absolute Gasteiger partial charge is 0.251 e. The van der Waals surface area contributed by atoms with E-state index in [2.05, 4.69) is 16.0 Å². The zero-order chi connectivity index (χ0) is 20.0. The minimum Gasteiger partial charge on any atom is -0.343 e. The minimum absolute atomic E-state index is 0.0687. The molecular formula is C21H25N3O3. The number of hydrogen-bond donors (Lipinski definition) is 3. The van der Waals surface area contributed by atoms with Gasteiger partial charge in [-0.3, -0.25) is 14.4 Å². The molecule has 142 valence electrons. The number of nitrogens with one attached hydrogen (secondary N) is 3. The molecule has 0 fully saturated rings. The average Bonchev–Trinajstić information content (AvgIpc) is 2.63. The third-order valence-corrected chi connectivity index (χ3v) is 4.14. The molecule has 27 heavy (non-hydrogen) atoms. The van der Waals surface area contributed by atoms with Crippen molar-refractivity contribution in [3.8, 4) is 0 Å². The van der Waals surface area contributed by atoms with E-state index in [9.17, 15) is 14.4 Å². The van der Waals surface area contributed by atoms with Crippen LogP contribution in [-0.4, -0.2) is 24.3 Å². The van der Waals surface area contributed by atoms with Crippen molar-refractivity contribution in [1.82, 2.24) is 5.32 Å². The van der Waals surface area contributed by atoms with Gasteiger partial charge < -0.3 is 16.0 Å². The van der Waals surface area contributed by atoms with E-state index >= 15 is 0 Å². The average molecular weight is 367 g/mol. The Morgan fingerprint density at radius 1 is 0.852 bits per heavy atom. The first-order valence-electron chi connectivity index (χ1n) is 8.82. The van der Waals surface area contributed by atoms with Crippen LogP contribution in [0, 0.1) is 19.8 Å². The SMILES string of the molecule is Cc1ccc(C(=O)NCC(=O)Nc2ccc(NC(=O)C(C)C)cc2)cc1C. The summed E-state index contributed by atoms with van der Waals surface area (Å²) in [5.74, 6) is -0.794. The number of carbonyl (C=O) groups is 3. The predicted molar refractivity (Wildman–Crippen MR) is 107 cm³/mol. The Labute approximate surface area is 159 Å². The van der Waals surface area contributed by atoms with Gasteiger partial charge in [0.2, 0.25) is 11.8 Å². The normalized spacial score (nSPS) is 10.4. The van der Waals surface area contributed by atoms with Crippen LogP contribution in [0.25, 0.3) is 0 Å². The molecule has 0 saturated carbocycles. The maximum Gasteiger partial charge on any atom is 0.251 e. The molecule has 6 heteroatoms. The zero-order valence-electron chi connectivity index (χ0n) is 16.1. The summed E-state index contributed by atoms with van der Waals surface area (Å²) < 4.78 is 0. The van der Waals surface area contributed by atoms with E-state index in [4.69, 9.17) is 0 Å². The quantitative estimate of drug-likeness (QED) is 0.732. The van der Waals surface area contributed by atoms with E-state index in [1.165, 1.54) is 0 Å². The lowest BCUT2D eigenvalue weighted by Gasteiger charge is -2.10. The van der Waals surface area contributed by atoms with Gasteiger partial charge in [0, 0.05) is 22.9 Å². The number of anilines is 2. The Hall–Kier alpha value is -3.15. The summed E-state index contributed by atoms with van der Waals surface area (Å²) in [5, 5.41) is 8.09. The van der Waals surface area contributed by atoms with E-state index in [-0.39, 0.29) is 30.2 Å². The highest BCUT2D eigenvalue weighted by Gasteiger charge is 2.10. The molecule has 0 radical (unpaired) electrons. The molecule has 6 nitrogen and oxygen atoms in total. The van der Waals surface area contributed by atoms with Crippen LogP contribution in [0.15, 0.2) is 42.5 Å². The first kappa shape index (κ1) is 20.2. The molecule has 0 heterocycles. The standard InChI is InChI=1S/C21H25N3O3/c1-13(2)20(26)24-18-9-7-17(8-10-18)23-19(25)12-22-21(27)16-6-5-14(3)15(4)11-16/h5-11,13H,12H2,1-4H3,(H,22,27)(H,23,25)(H,24,26). The predicted octanol–water partition coefficient (Wildman–Crippen LogP) is 3.27. The Bertz CT molecular complexity index is 842. The highest BCUT2D eigenvalue weighted by molar-refractivity contribution is 5.99. The van der Waals surface area contributed by atoms with Crippen molar-refractivity contribution >= 4 is 29.1 Å². The van der Waals surface area contributed by atoms with Gasteiger partial charge in [0.05, 0.1) is 6.54 Å². The zero-order valence-corrected chi connectivity index (χ0v) is 16.1. The van der Waals surface area contributed by atoms with Crippen molar-refractivity contribution in [3.63, 3.8) is 0 Å². The molecule has 0 atom stereocenters. The van der Waals surface area contributed by atoms with Crippen LogP contribution in [0.1, 0.15) is 35.3 Å². The summed E-state index contributed by atoms with van der Waals surface area (Å²) in [6.45, 7) is 7.42.